The molecule has 4 bridgehead atoms. The number of rotatable bonds is 7. The van der Waals surface area contributed by atoms with Crippen molar-refractivity contribution in [1.29, 1.82) is 0 Å². The lowest BCUT2D eigenvalue weighted by Gasteiger charge is -2.32. The number of hydrogen-bond donors (Lipinski definition) is 1. The van der Waals surface area contributed by atoms with Crippen LogP contribution in [0.25, 0.3) is 11.3 Å². The van der Waals surface area contributed by atoms with Crippen LogP contribution < -0.4 is 14.2 Å². The Hall–Kier alpha value is -4.42. The fourth-order valence-electron chi connectivity index (χ4n) is 5.77. The number of Topliss-reactive ketones (excluding diaryl/α,β-unsaturated/α-hetero) is 1. The highest BCUT2D eigenvalue weighted by Crippen LogP contribution is 2.39. The third kappa shape index (κ3) is 7.77. The molecule has 12 heteroatoms. The first-order chi connectivity index (χ1) is 22.4. The Morgan fingerprint density at radius 3 is 2.45 bits per heavy atom. The van der Waals surface area contributed by atoms with E-state index in [1.807, 2.05) is 36.9 Å². The van der Waals surface area contributed by atoms with Crippen LogP contribution in [0.15, 0.2) is 65.8 Å². The first-order valence-corrected chi connectivity index (χ1v) is 17.3. The van der Waals surface area contributed by atoms with Gasteiger partial charge in [0.15, 0.2) is 11.5 Å². The van der Waals surface area contributed by atoms with Crippen LogP contribution in [0.5, 0.6) is 11.6 Å². The van der Waals surface area contributed by atoms with Gasteiger partial charge in [0.2, 0.25) is 11.8 Å². The predicted molar refractivity (Wildman–Crippen MR) is 180 cm³/mol. The van der Waals surface area contributed by atoms with E-state index in [2.05, 4.69) is 45.4 Å². The zero-order valence-electron chi connectivity index (χ0n) is 27.4. The molecule has 1 atom stereocenters. The van der Waals surface area contributed by atoms with Crippen LogP contribution >= 0.6 is 0 Å². The number of carbonyl (C=O) groups is 1. The number of aromatic nitrogens is 4. The number of sulfonamides is 1. The summed E-state index contributed by atoms with van der Waals surface area (Å²) in [6, 6.07) is 13.4. The molecule has 0 radical (unpaired) electrons. The van der Waals surface area contributed by atoms with E-state index in [-0.39, 0.29) is 66.8 Å². The third-order valence-electron chi connectivity index (χ3n) is 8.51. The maximum Gasteiger partial charge on any atom is 0.264 e. The highest BCUT2D eigenvalue weighted by atomic mass is 32.2. The van der Waals surface area contributed by atoms with E-state index in [1.54, 1.807) is 30.6 Å². The highest BCUT2D eigenvalue weighted by molar-refractivity contribution is 7.92. The molecule has 2 aromatic heterocycles. The minimum absolute atomic E-state index is 0. The molecule has 2 aromatic carbocycles. The molecule has 0 amide bonds. The topological polar surface area (TPSA) is 136 Å². The fourth-order valence-corrected chi connectivity index (χ4v) is 6.76. The lowest BCUT2D eigenvalue weighted by atomic mass is 10.00. The minimum Gasteiger partial charge on any atom is -0.484 e. The van der Waals surface area contributed by atoms with Gasteiger partial charge in [-0.3, -0.25) is 9.69 Å². The second kappa shape index (κ2) is 13.0. The number of benzene rings is 2. The summed E-state index contributed by atoms with van der Waals surface area (Å²) in [6.45, 7) is 10.7. The van der Waals surface area contributed by atoms with E-state index in [0.717, 1.165) is 29.5 Å². The van der Waals surface area contributed by atoms with Crippen molar-refractivity contribution in [2.24, 2.45) is 5.92 Å². The number of aryl methyl sites for hydroxylation is 2. The average molecular weight is 659 g/mol. The molecule has 0 saturated heterocycles. The Kier molecular flexibility index (Phi) is 8.99. The van der Waals surface area contributed by atoms with Crippen LogP contribution in [0.4, 0.5) is 5.95 Å². The normalized spacial score (nSPS) is 18.9. The summed E-state index contributed by atoms with van der Waals surface area (Å²) in [7, 11) is -4.14. The van der Waals surface area contributed by atoms with Crippen molar-refractivity contribution in [2.75, 3.05) is 17.9 Å². The van der Waals surface area contributed by atoms with E-state index in [4.69, 9.17) is 9.47 Å². The Bertz CT molecular complexity index is 1880. The molecular formula is C35H42N6O5S. The molecule has 1 saturated carbocycles. The maximum atomic E-state index is 13.8. The number of anilines is 1. The Morgan fingerprint density at radius 1 is 1.06 bits per heavy atom. The molecule has 3 heterocycles. The molecule has 4 aromatic rings. The quantitative estimate of drug-likeness (QED) is 0.251. The smallest absolute Gasteiger partial charge is 0.264 e. The molecule has 11 nitrogen and oxygen atoms in total. The summed E-state index contributed by atoms with van der Waals surface area (Å²) in [5, 5.41) is 0. The molecule has 1 aliphatic carbocycles. The summed E-state index contributed by atoms with van der Waals surface area (Å²) in [4.78, 5) is 33.9. The summed E-state index contributed by atoms with van der Waals surface area (Å²) in [6.07, 6.45) is 6.05. The van der Waals surface area contributed by atoms with Crippen LogP contribution in [0.2, 0.25) is 0 Å². The highest BCUT2D eigenvalue weighted by Gasteiger charge is 2.40. The van der Waals surface area contributed by atoms with Crippen molar-refractivity contribution in [2.45, 2.75) is 77.0 Å². The zero-order valence-corrected chi connectivity index (χ0v) is 28.2. The van der Waals surface area contributed by atoms with Crippen molar-refractivity contribution < 1.29 is 24.1 Å². The van der Waals surface area contributed by atoms with Gasteiger partial charge in [0.05, 0.1) is 36.1 Å². The molecule has 6 rings (SSSR count). The molecule has 47 heavy (non-hydrogen) atoms. The first kappa shape index (κ1) is 32.5. The lowest BCUT2D eigenvalue weighted by Crippen LogP contribution is -2.43. The Balaban J connectivity index is 0.00000451. The molecule has 1 N–H and O–H groups in total. The van der Waals surface area contributed by atoms with Gasteiger partial charge in [0, 0.05) is 24.7 Å². The van der Waals surface area contributed by atoms with Crippen LogP contribution in [0, 0.1) is 19.8 Å². The van der Waals surface area contributed by atoms with Crippen LogP contribution in [-0.2, 0) is 16.6 Å². The van der Waals surface area contributed by atoms with Crippen molar-refractivity contribution in [1.82, 2.24) is 24.8 Å². The number of ketones is 1. The van der Waals surface area contributed by atoms with Gasteiger partial charge < -0.3 is 9.47 Å². The number of nitrogens with one attached hydrogen (secondary N) is 1. The molecule has 0 spiro atoms. The van der Waals surface area contributed by atoms with Gasteiger partial charge in [-0.1, -0.05) is 44.2 Å². The second-order valence-electron chi connectivity index (χ2n) is 13.1. The molecular weight excluding hydrogens is 616 g/mol. The average Bonchev–Trinajstić information content (AvgIpc) is 3.75. The molecule has 2 aliphatic rings. The number of carbonyl (C=O) groups excluding carboxylic acids is 1. The number of ether oxygens (including phenoxy) is 2. The van der Waals surface area contributed by atoms with Crippen LogP contribution in [0.3, 0.4) is 0 Å². The van der Waals surface area contributed by atoms with Crippen molar-refractivity contribution in [3.05, 3.63) is 83.4 Å². The van der Waals surface area contributed by atoms with E-state index in [9.17, 15) is 13.2 Å². The summed E-state index contributed by atoms with van der Waals surface area (Å²) in [5.74, 6) is 1.27. The lowest BCUT2D eigenvalue weighted by molar-refractivity contribution is 0.0768. The summed E-state index contributed by atoms with van der Waals surface area (Å²) < 4.78 is 42.0. The van der Waals surface area contributed by atoms with Crippen molar-refractivity contribution in [3.63, 3.8) is 0 Å². The van der Waals surface area contributed by atoms with E-state index >= 15 is 0 Å². The molecule has 0 unspecified atom stereocenters. The first-order valence-electron chi connectivity index (χ1n) is 15.9. The standard InChI is InChI=1S/C35H40N6O5S.H2/c1-22(2)14-26-21-45-32-16-29(33-23(3)8-6-9-24(33)4)38-34(39-32)40-47(43,44)28-11-7-10-25(15-28)30(42)19-41(26)20-31-36-17-27(18-37-31)46-35(5)12-13-35;/h6-11,15-18,22,26H,12-14,19-21H2,1-5H3,(H,38,39,40);1H/t26-;/m1./s1. The summed E-state index contributed by atoms with van der Waals surface area (Å²) >= 11 is 0. The number of nitrogens with zero attached hydrogens (tertiary/aromatic N) is 5. The molecule has 1 fully saturated rings. The summed E-state index contributed by atoms with van der Waals surface area (Å²) in [5.41, 5.74) is 3.49. The molecule has 1 aliphatic heterocycles. The fraction of sp³-hybridized carbons (Fsp3) is 0.400. The minimum atomic E-state index is -4.14. The monoisotopic (exact) mass is 658 g/mol. The van der Waals surface area contributed by atoms with Crippen LogP contribution in [-0.4, -0.2) is 63.8 Å². The molecule has 248 valence electrons. The Morgan fingerprint density at radius 2 is 1.77 bits per heavy atom. The maximum absolute atomic E-state index is 13.8. The SMILES string of the molecule is Cc1cccc(C)c1-c1cc2nc(n1)NS(=O)(=O)c1cccc(c1)C(=O)CN(Cc1ncc(OC3(C)CC3)cn1)[C@H](CC(C)C)CO2.[HH]. The van der Waals surface area contributed by atoms with E-state index < -0.39 is 10.0 Å². The van der Waals surface area contributed by atoms with Crippen molar-refractivity contribution >= 4 is 21.8 Å². The van der Waals surface area contributed by atoms with Gasteiger partial charge in [0.25, 0.3) is 10.0 Å². The Labute approximate surface area is 277 Å². The van der Waals surface area contributed by atoms with E-state index in [0.29, 0.717) is 23.7 Å². The van der Waals surface area contributed by atoms with Gasteiger partial charge in [-0.15, -0.1) is 0 Å². The van der Waals surface area contributed by atoms with Gasteiger partial charge >= 0.3 is 0 Å². The number of fused-ring (bicyclic) bond motifs is 4. The van der Waals surface area contributed by atoms with Gasteiger partial charge in [-0.05, 0) is 69.2 Å². The largest absolute Gasteiger partial charge is 0.484 e. The van der Waals surface area contributed by atoms with Crippen molar-refractivity contribution in [3.8, 4) is 22.9 Å². The van der Waals surface area contributed by atoms with Gasteiger partial charge in [-0.2, -0.15) is 4.98 Å². The van der Waals surface area contributed by atoms with Crippen LogP contribution in [0.1, 0.15) is 68.8 Å². The second-order valence-corrected chi connectivity index (χ2v) is 14.8. The predicted octanol–water partition coefficient (Wildman–Crippen LogP) is 6.02. The van der Waals surface area contributed by atoms with Gasteiger partial charge in [0.1, 0.15) is 18.0 Å². The number of hydrogen-bond acceptors (Lipinski definition) is 10. The third-order valence-corrected chi connectivity index (χ3v) is 9.83. The zero-order chi connectivity index (χ0) is 33.3. The van der Waals surface area contributed by atoms with Gasteiger partial charge in [-0.25, -0.2) is 28.1 Å². The van der Waals surface area contributed by atoms with E-state index in [1.165, 1.54) is 12.1 Å².